The van der Waals surface area contributed by atoms with Crippen LogP contribution in [0.4, 0.5) is 0 Å². The summed E-state index contributed by atoms with van der Waals surface area (Å²) >= 11 is 0. The van der Waals surface area contributed by atoms with Gasteiger partial charge in [-0.15, -0.1) is 0 Å². The summed E-state index contributed by atoms with van der Waals surface area (Å²) in [6, 6.07) is 4.60. The highest BCUT2D eigenvalue weighted by atomic mass is 32.2. The second-order valence-corrected chi connectivity index (χ2v) is 5.35. The molecule has 17 heavy (non-hydrogen) atoms. The molecular weight excluding hydrogens is 242 g/mol. The van der Waals surface area contributed by atoms with Crippen LogP contribution in [0.25, 0.3) is 0 Å². The Balaban J connectivity index is 2.99. The first-order valence-corrected chi connectivity index (χ1v) is 6.42. The van der Waals surface area contributed by atoms with Crippen LogP contribution in [0.1, 0.15) is 11.1 Å². The maximum Gasteiger partial charge on any atom is 0.241 e. The lowest BCUT2D eigenvalue weighted by atomic mass is 10.1. The molecule has 94 valence electrons. The monoisotopic (exact) mass is 257 g/mol. The molecule has 1 aromatic carbocycles. The van der Waals surface area contributed by atoms with Crippen LogP contribution < -0.4 is 16.2 Å². The van der Waals surface area contributed by atoms with E-state index in [2.05, 4.69) is 4.72 Å². The van der Waals surface area contributed by atoms with Gasteiger partial charge >= 0.3 is 0 Å². The van der Waals surface area contributed by atoms with Crippen molar-refractivity contribution in [2.45, 2.75) is 18.4 Å². The average Bonchev–Trinajstić information content (AvgIpc) is 2.26. The molecule has 5 N–H and O–H groups in total. The summed E-state index contributed by atoms with van der Waals surface area (Å²) in [5, 5.41) is 0. The molecular formula is C10H15N3O3S. The third kappa shape index (κ3) is 3.52. The number of sulfonamides is 1. The molecule has 0 aliphatic heterocycles. The lowest BCUT2D eigenvalue weighted by Gasteiger charge is -2.08. The highest BCUT2D eigenvalue weighted by Gasteiger charge is 2.15. The number of hydrogen-bond acceptors (Lipinski definition) is 4. The molecule has 1 aromatic rings. The molecule has 1 rings (SSSR count). The van der Waals surface area contributed by atoms with Crippen LogP contribution in [0, 0.1) is 6.92 Å². The highest BCUT2D eigenvalue weighted by Crippen LogP contribution is 2.14. The van der Waals surface area contributed by atoms with Gasteiger partial charge in [0.25, 0.3) is 0 Å². The minimum Gasteiger partial charge on any atom is -0.369 e. The van der Waals surface area contributed by atoms with E-state index in [1.165, 1.54) is 12.1 Å². The van der Waals surface area contributed by atoms with E-state index in [0.29, 0.717) is 6.54 Å². The van der Waals surface area contributed by atoms with Crippen molar-refractivity contribution in [1.29, 1.82) is 0 Å². The van der Waals surface area contributed by atoms with Crippen molar-refractivity contribution in [3.63, 3.8) is 0 Å². The predicted octanol–water partition coefficient (Wildman–Crippen LogP) is -0.783. The van der Waals surface area contributed by atoms with Crippen LogP contribution in [0.3, 0.4) is 0 Å². The lowest BCUT2D eigenvalue weighted by molar-refractivity contribution is -0.116. The molecule has 0 heterocycles. The van der Waals surface area contributed by atoms with Gasteiger partial charge in [0.2, 0.25) is 15.9 Å². The van der Waals surface area contributed by atoms with Gasteiger partial charge in [-0.3, -0.25) is 4.79 Å². The summed E-state index contributed by atoms with van der Waals surface area (Å²) in [6.07, 6.45) is 0. The van der Waals surface area contributed by atoms with Crippen molar-refractivity contribution >= 4 is 15.9 Å². The van der Waals surface area contributed by atoms with E-state index in [4.69, 9.17) is 11.5 Å². The van der Waals surface area contributed by atoms with Crippen LogP contribution in [0.2, 0.25) is 0 Å². The first-order chi connectivity index (χ1) is 7.86. The molecule has 0 aromatic heterocycles. The normalized spacial score (nSPS) is 11.4. The molecule has 0 saturated heterocycles. The van der Waals surface area contributed by atoms with Crippen molar-refractivity contribution in [1.82, 2.24) is 4.72 Å². The smallest absolute Gasteiger partial charge is 0.241 e. The van der Waals surface area contributed by atoms with Gasteiger partial charge in [-0.25, -0.2) is 13.1 Å². The number of nitrogens with one attached hydrogen (secondary N) is 1. The summed E-state index contributed by atoms with van der Waals surface area (Å²) < 4.78 is 25.6. The van der Waals surface area contributed by atoms with E-state index in [1.54, 1.807) is 13.0 Å². The third-order valence-corrected chi connectivity index (χ3v) is 3.68. The third-order valence-electron chi connectivity index (χ3n) is 2.28. The van der Waals surface area contributed by atoms with E-state index >= 15 is 0 Å². The Morgan fingerprint density at radius 3 is 2.53 bits per heavy atom. The van der Waals surface area contributed by atoms with Crippen LogP contribution in [0.5, 0.6) is 0 Å². The summed E-state index contributed by atoms with van der Waals surface area (Å²) in [4.78, 5) is 10.6. The quantitative estimate of drug-likeness (QED) is 0.641. The molecule has 0 radical (unpaired) electrons. The second-order valence-electron chi connectivity index (χ2n) is 3.58. The van der Waals surface area contributed by atoms with Gasteiger partial charge in [-0.2, -0.15) is 0 Å². The van der Waals surface area contributed by atoms with Gasteiger partial charge in [0.1, 0.15) is 0 Å². The van der Waals surface area contributed by atoms with E-state index < -0.39 is 22.5 Å². The van der Waals surface area contributed by atoms with Gasteiger partial charge in [0.15, 0.2) is 0 Å². The fraction of sp³-hybridized carbons (Fsp3) is 0.300. The molecule has 0 atom stereocenters. The fourth-order valence-electron chi connectivity index (χ4n) is 1.31. The topological polar surface area (TPSA) is 115 Å². The van der Waals surface area contributed by atoms with Crippen molar-refractivity contribution in [2.75, 3.05) is 6.54 Å². The van der Waals surface area contributed by atoms with Gasteiger partial charge in [0.05, 0.1) is 11.4 Å². The number of primary amides is 1. The maximum atomic E-state index is 11.7. The molecule has 0 spiro atoms. The maximum absolute atomic E-state index is 11.7. The molecule has 0 fully saturated rings. The Kier molecular flexibility index (Phi) is 4.22. The zero-order valence-electron chi connectivity index (χ0n) is 9.43. The molecule has 0 aliphatic rings. The predicted molar refractivity (Wildman–Crippen MR) is 63.5 cm³/mol. The van der Waals surface area contributed by atoms with E-state index in [0.717, 1.165) is 11.1 Å². The molecule has 1 amide bonds. The number of rotatable bonds is 5. The van der Waals surface area contributed by atoms with Gasteiger partial charge in [0, 0.05) is 6.54 Å². The van der Waals surface area contributed by atoms with E-state index in [-0.39, 0.29) is 4.90 Å². The van der Waals surface area contributed by atoms with Crippen LogP contribution in [0.15, 0.2) is 23.1 Å². The standard InChI is InChI=1S/C10H15N3O3S/c1-7-4-9(3-2-8(7)5-11)17(15,16)13-6-10(12)14/h2-4,13H,5-6,11H2,1H3,(H2,12,14). The van der Waals surface area contributed by atoms with Crippen LogP contribution >= 0.6 is 0 Å². The number of nitrogens with two attached hydrogens (primary N) is 2. The van der Waals surface area contributed by atoms with Crippen LogP contribution in [-0.2, 0) is 21.4 Å². The summed E-state index contributed by atoms with van der Waals surface area (Å²) in [6.45, 7) is 1.70. The molecule has 0 aliphatic carbocycles. The number of carbonyl (C=O) groups is 1. The van der Waals surface area contributed by atoms with Crippen molar-refractivity contribution < 1.29 is 13.2 Å². The Labute approximate surface area is 100 Å². The number of hydrogen-bond donors (Lipinski definition) is 3. The molecule has 0 unspecified atom stereocenters. The SMILES string of the molecule is Cc1cc(S(=O)(=O)NCC(N)=O)ccc1CN. The van der Waals surface area contributed by atoms with Crippen molar-refractivity contribution in [3.05, 3.63) is 29.3 Å². The number of benzene rings is 1. The lowest BCUT2D eigenvalue weighted by Crippen LogP contribution is -2.33. The van der Waals surface area contributed by atoms with E-state index in [1.807, 2.05) is 0 Å². The van der Waals surface area contributed by atoms with E-state index in [9.17, 15) is 13.2 Å². The van der Waals surface area contributed by atoms with Gasteiger partial charge in [-0.1, -0.05) is 6.07 Å². The van der Waals surface area contributed by atoms with Gasteiger partial charge in [-0.05, 0) is 30.2 Å². The summed E-state index contributed by atoms with van der Waals surface area (Å²) in [5.74, 6) is -0.733. The minimum atomic E-state index is -3.69. The summed E-state index contributed by atoms with van der Waals surface area (Å²) in [7, 11) is -3.69. The largest absolute Gasteiger partial charge is 0.369 e. The Hall–Kier alpha value is -1.44. The fourth-order valence-corrected chi connectivity index (χ4v) is 2.39. The Morgan fingerprint density at radius 2 is 2.06 bits per heavy atom. The van der Waals surface area contributed by atoms with Crippen LogP contribution in [-0.4, -0.2) is 20.9 Å². The minimum absolute atomic E-state index is 0.0912. The van der Waals surface area contributed by atoms with Crippen molar-refractivity contribution in [2.24, 2.45) is 11.5 Å². The Bertz CT molecular complexity index is 526. The zero-order chi connectivity index (χ0) is 13.1. The molecule has 0 bridgehead atoms. The van der Waals surface area contributed by atoms with Gasteiger partial charge < -0.3 is 11.5 Å². The highest BCUT2D eigenvalue weighted by molar-refractivity contribution is 7.89. The Morgan fingerprint density at radius 1 is 1.41 bits per heavy atom. The second kappa shape index (κ2) is 5.26. The molecule has 0 saturated carbocycles. The van der Waals surface area contributed by atoms with Crippen molar-refractivity contribution in [3.8, 4) is 0 Å². The average molecular weight is 257 g/mol. The first-order valence-electron chi connectivity index (χ1n) is 4.94. The number of aryl methyl sites for hydroxylation is 1. The zero-order valence-corrected chi connectivity index (χ0v) is 10.3. The number of amides is 1. The molecule has 6 nitrogen and oxygen atoms in total. The molecule has 7 heteroatoms. The summed E-state index contributed by atoms with van der Waals surface area (Å²) in [5.41, 5.74) is 12.0. The number of carbonyl (C=O) groups excluding carboxylic acids is 1. The first kappa shape index (κ1) is 13.6.